The third-order valence-corrected chi connectivity index (χ3v) is 3.09. The Kier molecular flexibility index (Phi) is 6.15. The van der Waals surface area contributed by atoms with E-state index < -0.39 is 0 Å². The predicted molar refractivity (Wildman–Crippen MR) is 86.1 cm³/mol. The lowest BCUT2D eigenvalue weighted by Crippen LogP contribution is -2.24. The maximum Gasteiger partial charge on any atom is 0.222 e. The fourth-order valence-electron chi connectivity index (χ4n) is 1.97. The Labute approximate surface area is 131 Å². The second kappa shape index (κ2) is 8.34. The maximum absolute atomic E-state index is 11.7. The lowest BCUT2D eigenvalue weighted by molar-refractivity contribution is -0.122. The number of carbonyl (C=O) groups is 1. The highest BCUT2D eigenvalue weighted by Crippen LogP contribution is 2.15. The number of ether oxygens (including phenoxy) is 1. The molecule has 5 heteroatoms. The summed E-state index contributed by atoms with van der Waals surface area (Å²) in [6.07, 6.45) is 2.15. The average Bonchev–Trinajstić information content (AvgIpc) is 2.99. The largest absolute Gasteiger partial charge is 0.381 e. The van der Waals surface area contributed by atoms with Crippen LogP contribution in [0.4, 0.5) is 0 Å². The standard InChI is InChI=1S/C17H23N3O2/c1-13(2)12-22-9-8-17(21)19-11-16-18-10-15(20-16)14-6-4-3-5-7-14/h3-7,10,13H,8-9,11-12H2,1-2H3,(H,18,20)(H,19,21). The summed E-state index contributed by atoms with van der Waals surface area (Å²) in [5, 5.41) is 2.84. The van der Waals surface area contributed by atoms with E-state index >= 15 is 0 Å². The normalized spacial score (nSPS) is 10.9. The van der Waals surface area contributed by atoms with E-state index in [1.807, 2.05) is 30.3 Å². The minimum atomic E-state index is -0.0265. The van der Waals surface area contributed by atoms with E-state index in [4.69, 9.17) is 4.74 Å². The van der Waals surface area contributed by atoms with Crippen molar-refractivity contribution in [3.8, 4) is 11.3 Å². The second-order valence-corrected chi connectivity index (χ2v) is 5.61. The Balaban J connectivity index is 1.73. The number of nitrogens with zero attached hydrogens (tertiary/aromatic N) is 1. The van der Waals surface area contributed by atoms with Gasteiger partial charge in [0.05, 0.1) is 25.0 Å². The molecule has 1 heterocycles. The molecule has 0 saturated heterocycles. The number of rotatable bonds is 8. The fourth-order valence-corrected chi connectivity index (χ4v) is 1.97. The molecule has 2 rings (SSSR count). The minimum Gasteiger partial charge on any atom is -0.381 e. The summed E-state index contributed by atoms with van der Waals surface area (Å²) >= 11 is 0. The summed E-state index contributed by atoms with van der Waals surface area (Å²) in [5.41, 5.74) is 2.03. The van der Waals surface area contributed by atoms with E-state index in [9.17, 15) is 4.79 Å². The molecule has 2 aromatic rings. The number of hydrogen-bond acceptors (Lipinski definition) is 3. The van der Waals surface area contributed by atoms with Crippen LogP contribution in [0.2, 0.25) is 0 Å². The molecule has 0 aliphatic heterocycles. The molecule has 118 valence electrons. The van der Waals surface area contributed by atoms with Gasteiger partial charge in [-0.2, -0.15) is 0 Å². The van der Waals surface area contributed by atoms with E-state index in [2.05, 4.69) is 29.1 Å². The highest BCUT2D eigenvalue weighted by molar-refractivity contribution is 5.75. The van der Waals surface area contributed by atoms with Crippen LogP contribution in [0, 0.1) is 5.92 Å². The Morgan fingerprint density at radius 1 is 1.32 bits per heavy atom. The van der Waals surface area contributed by atoms with Gasteiger partial charge in [-0.1, -0.05) is 44.2 Å². The zero-order valence-corrected chi connectivity index (χ0v) is 13.1. The molecule has 0 bridgehead atoms. The predicted octanol–water partition coefficient (Wildman–Crippen LogP) is 2.76. The number of amides is 1. The third kappa shape index (κ3) is 5.33. The van der Waals surface area contributed by atoms with Gasteiger partial charge in [0.15, 0.2) is 0 Å². The molecular weight excluding hydrogens is 278 g/mol. The molecule has 2 N–H and O–H groups in total. The number of hydrogen-bond donors (Lipinski definition) is 2. The quantitative estimate of drug-likeness (QED) is 0.737. The minimum absolute atomic E-state index is 0.0265. The van der Waals surface area contributed by atoms with Crippen molar-refractivity contribution in [2.24, 2.45) is 5.92 Å². The number of imidazole rings is 1. The van der Waals surface area contributed by atoms with Crippen molar-refractivity contribution in [1.82, 2.24) is 15.3 Å². The average molecular weight is 301 g/mol. The second-order valence-electron chi connectivity index (χ2n) is 5.61. The summed E-state index contributed by atoms with van der Waals surface area (Å²) < 4.78 is 5.40. The summed E-state index contributed by atoms with van der Waals surface area (Å²) in [4.78, 5) is 19.2. The van der Waals surface area contributed by atoms with E-state index in [1.54, 1.807) is 6.20 Å². The third-order valence-electron chi connectivity index (χ3n) is 3.09. The van der Waals surface area contributed by atoms with Crippen LogP contribution in [0.3, 0.4) is 0 Å². The van der Waals surface area contributed by atoms with Gasteiger partial charge in [0.2, 0.25) is 5.91 Å². The van der Waals surface area contributed by atoms with Crippen molar-refractivity contribution in [3.05, 3.63) is 42.4 Å². The number of aromatic amines is 1. The van der Waals surface area contributed by atoms with E-state index in [-0.39, 0.29) is 5.91 Å². The Hall–Kier alpha value is -2.14. The van der Waals surface area contributed by atoms with E-state index in [0.717, 1.165) is 17.1 Å². The zero-order chi connectivity index (χ0) is 15.8. The van der Waals surface area contributed by atoms with Crippen LogP contribution >= 0.6 is 0 Å². The van der Waals surface area contributed by atoms with Crippen LogP contribution in [0.1, 0.15) is 26.1 Å². The van der Waals surface area contributed by atoms with Gasteiger partial charge >= 0.3 is 0 Å². The van der Waals surface area contributed by atoms with Crippen LogP contribution in [-0.2, 0) is 16.1 Å². The number of carbonyl (C=O) groups excluding carboxylic acids is 1. The molecular formula is C17H23N3O2. The number of H-pyrrole nitrogens is 1. The van der Waals surface area contributed by atoms with Crippen LogP contribution in [-0.4, -0.2) is 29.1 Å². The van der Waals surface area contributed by atoms with Crippen molar-refractivity contribution < 1.29 is 9.53 Å². The van der Waals surface area contributed by atoms with Crippen LogP contribution in [0.5, 0.6) is 0 Å². The Morgan fingerprint density at radius 2 is 2.09 bits per heavy atom. The van der Waals surface area contributed by atoms with E-state index in [0.29, 0.717) is 32.1 Å². The number of aromatic nitrogens is 2. The van der Waals surface area contributed by atoms with E-state index in [1.165, 1.54) is 0 Å². The smallest absolute Gasteiger partial charge is 0.222 e. The highest BCUT2D eigenvalue weighted by atomic mass is 16.5. The summed E-state index contributed by atoms with van der Waals surface area (Å²) in [5.74, 6) is 1.21. The lowest BCUT2D eigenvalue weighted by atomic mass is 10.2. The van der Waals surface area contributed by atoms with Crippen molar-refractivity contribution in [2.45, 2.75) is 26.8 Å². The molecule has 0 aliphatic carbocycles. The Bertz CT molecular complexity index is 579. The summed E-state index contributed by atoms with van der Waals surface area (Å²) in [7, 11) is 0. The molecule has 5 nitrogen and oxygen atoms in total. The lowest BCUT2D eigenvalue weighted by Gasteiger charge is -2.07. The molecule has 1 amide bonds. The molecule has 1 aromatic heterocycles. The molecule has 0 saturated carbocycles. The number of nitrogens with one attached hydrogen (secondary N) is 2. The molecule has 0 fully saturated rings. The molecule has 0 aliphatic rings. The van der Waals surface area contributed by atoms with Gasteiger partial charge in [-0.3, -0.25) is 4.79 Å². The van der Waals surface area contributed by atoms with Crippen LogP contribution in [0.25, 0.3) is 11.3 Å². The van der Waals surface area contributed by atoms with Gasteiger partial charge in [-0.15, -0.1) is 0 Å². The summed E-state index contributed by atoms with van der Waals surface area (Å²) in [6, 6.07) is 9.97. The van der Waals surface area contributed by atoms with Crippen molar-refractivity contribution >= 4 is 5.91 Å². The van der Waals surface area contributed by atoms with Gasteiger partial charge < -0.3 is 15.0 Å². The molecule has 0 unspecified atom stereocenters. The van der Waals surface area contributed by atoms with Crippen LogP contribution < -0.4 is 5.32 Å². The molecule has 0 spiro atoms. The topological polar surface area (TPSA) is 67.0 Å². The van der Waals surface area contributed by atoms with Gasteiger partial charge in [0, 0.05) is 13.0 Å². The van der Waals surface area contributed by atoms with Gasteiger partial charge in [0.25, 0.3) is 0 Å². The number of benzene rings is 1. The summed E-state index contributed by atoms with van der Waals surface area (Å²) in [6.45, 7) is 5.71. The van der Waals surface area contributed by atoms with Gasteiger partial charge in [-0.25, -0.2) is 4.98 Å². The first-order valence-corrected chi connectivity index (χ1v) is 7.59. The van der Waals surface area contributed by atoms with Crippen molar-refractivity contribution in [2.75, 3.05) is 13.2 Å². The van der Waals surface area contributed by atoms with Crippen molar-refractivity contribution in [3.63, 3.8) is 0 Å². The molecule has 0 atom stereocenters. The first-order valence-electron chi connectivity index (χ1n) is 7.59. The Morgan fingerprint density at radius 3 is 2.82 bits per heavy atom. The van der Waals surface area contributed by atoms with Gasteiger partial charge in [0.1, 0.15) is 5.82 Å². The molecule has 1 aromatic carbocycles. The molecule has 22 heavy (non-hydrogen) atoms. The first-order chi connectivity index (χ1) is 10.6. The fraction of sp³-hybridized carbons (Fsp3) is 0.412. The highest BCUT2D eigenvalue weighted by Gasteiger charge is 2.05. The first kappa shape index (κ1) is 16.2. The zero-order valence-electron chi connectivity index (χ0n) is 13.1. The SMILES string of the molecule is CC(C)COCCC(=O)NCc1ncc(-c2ccccc2)[nH]1. The van der Waals surface area contributed by atoms with Gasteiger partial charge in [-0.05, 0) is 11.5 Å². The van der Waals surface area contributed by atoms with Crippen LogP contribution in [0.15, 0.2) is 36.5 Å². The molecule has 0 radical (unpaired) electrons. The maximum atomic E-state index is 11.7. The van der Waals surface area contributed by atoms with Crippen molar-refractivity contribution in [1.29, 1.82) is 0 Å². The monoisotopic (exact) mass is 301 g/mol.